The Bertz CT molecular complexity index is 1210. The lowest BCUT2D eigenvalue weighted by Gasteiger charge is -2.22. The van der Waals surface area contributed by atoms with Gasteiger partial charge in [0.05, 0.1) is 49.8 Å². The lowest BCUT2D eigenvalue weighted by atomic mass is 10.1. The third-order valence-corrected chi connectivity index (χ3v) is 6.19. The number of nitriles is 1. The first-order valence-corrected chi connectivity index (χ1v) is 11.7. The molecule has 7 nitrogen and oxygen atoms in total. The third kappa shape index (κ3) is 6.35. The van der Waals surface area contributed by atoms with Crippen molar-refractivity contribution in [2.75, 3.05) is 39.4 Å². The minimum Gasteiger partial charge on any atom is -0.435 e. The molecule has 4 rings (SSSR count). The molecule has 2 aromatic carbocycles. The van der Waals surface area contributed by atoms with Gasteiger partial charge in [0.2, 0.25) is 4.80 Å². The number of thiazole rings is 1. The quantitative estimate of drug-likeness (QED) is 0.499. The first-order chi connectivity index (χ1) is 16.6. The largest absolute Gasteiger partial charge is 0.435 e. The van der Waals surface area contributed by atoms with E-state index in [9.17, 15) is 8.78 Å². The fraction of sp³-hybridized carbons (Fsp3) is 0.292. The van der Waals surface area contributed by atoms with Crippen LogP contribution in [0.25, 0.3) is 11.3 Å². The van der Waals surface area contributed by atoms with E-state index >= 15 is 0 Å². The van der Waals surface area contributed by atoms with Gasteiger partial charge < -0.3 is 14.4 Å². The average Bonchev–Trinajstić information content (AvgIpc) is 3.26. The normalized spacial score (nSPS) is 15.2. The van der Waals surface area contributed by atoms with Crippen LogP contribution in [0.1, 0.15) is 11.1 Å². The molecule has 10 heteroatoms. The zero-order chi connectivity index (χ0) is 23.8. The summed E-state index contributed by atoms with van der Waals surface area (Å²) in [5, 5.41) is 15.6. The summed E-state index contributed by atoms with van der Waals surface area (Å²) in [4.78, 5) is 6.99. The summed E-state index contributed by atoms with van der Waals surface area (Å²) in [5.74, 6) is 0.0972. The van der Waals surface area contributed by atoms with Gasteiger partial charge in [0, 0.05) is 10.9 Å². The van der Waals surface area contributed by atoms with Crippen molar-refractivity contribution in [3.8, 4) is 23.1 Å². The first kappa shape index (κ1) is 23.8. The minimum atomic E-state index is -2.87. The van der Waals surface area contributed by atoms with Gasteiger partial charge in [0.15, 0.2) is 0 Å². The van der Waals surface area contributed by atoms with Crippen molar-refractivity contribution in [2.24, 2.45) is 10.1 Å². The highest BCUT2D eigenvalue weighted by molar-refractivity contribution is 7.07. The molecule has 1 aromatic heterocycles. The van der Waals surface area contributed by atoms with Gasteiger partial charge >= 0.3 is 6.61 Å². The molecule has 0 bridgehead atoms. The van der Waals surface area contributed by atoms with Crippen LogP contribution in [0.4, 0.5) is 8.78 Å². The molecule has 1 aliphatic heterocycles. The Morgan fingerprint density at radius 1 is 1.15 bits per heavy atom. The Morgan fingerprint density at radius 3 is 2.56 bits per heavy atom. The van der Waals surface area contributed by atoms with Crippen molar-refractivity contribution in [1.82, 2.24) is 4.68 Å². The molecule has 2 heterocycles. The molecule has 1 fully saturated rings. The Kier molecular flexibility index (Phi) is 8.14. The second-order valence-corrected chi connectivity index (χ2v) is 8.43. The Balaban J connectivity index is 1.61. The van der Waals surface area contributed by atoms with Gasteiger partial charge in [-0.3, -0.25) is 4.99 Å². The smallest absolute Gasteiger partial charge is 0.387 e. The summed E-state index contributed by atoms with van der Waals surface area (Å²) in [6, 6.07) is 15.7. The van der Waals surface area contributed by atoms with Gasteiger partial charge in [-0.25, -0.2) is 4.68 Å². The highest BCUT2D eigenvalue weighted by atomic mass is 32.1. The van der Waals surface area contributed by atoms with Crippen LogP contribution >= 0.6 is 11.3 Å². The Morgan fingerprint density at radius 2 is 1.88 bits per heavy atom. The lowest BCUT2D eigenvalue weighted by Crippen LogP contribution is -3.14. The van der Waals surface area contributed by atoms with Gasteiger partial charge in [0.25, 0.3) is 0 Å². The van der Waals surface area contributed by atoms with Crippen molar-refractivity contribution < 1.29 is 23.2 Å². The van der Waals surface area contributed by atoms with E-state index in [4.69, 9.17) is 15.0 Å². The number of rotatable bonds is 8. The number of morpholine rings is 1. The molecule has 0 saturated carbocycles. The number of hydrogen-bond donors (Lipinski definition) is 1. The van der Waals surface area contributed by atoms with Gasteiger partial charge in [-0.15, -0.1) is 11.3 Å². The topological polar surface area (TPSA) is 76.3 Å². The molecule has 176 valence electrons. The molecule has 0 atom stereocenters. The van der Waals surface area contributed by atoms with Crippen molar-refractivity contribution in [3.63, 3.8) is 0 Å². The van der Waals surface area contributed by atoms with Crippen LogP contribution in [0, 0.1) is 11.3 Å². The fourth-order valence-electron chi connectivity index (χ4n) is 3.51. The number of benzene rings is 2. The van der Waals surface area contributed by atoms with Crippen LogP contribution in [0.2, 0.25) is 0 Å². The molecule has 3 aromatic rings. The fourth-order valence-corrected chi connectivity index (χ4v) is 4.38. The van der Waals surface area contributed by atoms with Crippen LogP contribution in [-0.4, -0.2) is 56.9 Å². The maximum atomic E-state index is 12.5. The average molecular weight is 485 g/mol. The number of quaternary nitrogens is 1. The third-order valence-electron chi connectivity index (χ3n) is 5.33. The summed E-state index contributed by atoms with van der Waals surface area (Å²) < 4.78 is 36.6. The summed E-state index contributed by atoms with van der Waals surface area (Å²) in [6.45, 7) is 2.22. The highest BCUT2D eigenvalue weighted by Crippen LogP contribution is 2.24. The molecule has 0 unspecified atom stereocenters. The molecule has 0 amide bonds. The molecule has 0 aliphatic carbocycles. The number of hydrogen-bond acceptors (Lipinski definition) is 6. The summed E-state index contributed by atoms with van der Waals surface area (Å²) in [6.07, 6.45) is 1.71. The summed E-state index contributed by atoms with van der Waals surface area (Å²) in [5.41, 5.74) is 3.01. The second-order valence-electron chi connectivity index (χ2n) is 7.59. The van der Waals surface area contributed by atoms with Gasteiger partial charge in [-0.2, -0.15) is 19.1 Å². The zero-order valence-corrected chi connectivity index (χ0v) is 19.2. The predicted octanol–water partition coefficient (Wildman–Crippen LogP) is 2.39. The standard InChI is InChI=1S/C24H23F2N5O2S/c25-23(26)33-21-7-5-20(6-8-21)22-17-34-24(28-9-10-30-11-13-32-14-12-30)31(22)29-16-19-3-1-18(15-27)2-4-19/h1-8,16-17,23H,9-14H2/p+1/b28-24?,29-16-. The Hall–Kier alpha value is -3.39. The van der Waals surface area contributed by atoms with Crippen LogP contribution < -0.4 is 14.4 Å². The zero-order valence-electron chi connectivity index (χ0n) is 18.4. The van der Waals surface area contributed by atoms with E-state index < -0.39 is 6.61 Å². The second kappa shape index (κ2) is 11.7. The lowest BCUT2D eigenvalue weighted by molar-refractivity contribution is -0.906. The number of nitrogens with zero attached hydrogens (tertiary/aromatic N) is 4. The molecule has 1 aliphatic rings. The van der Waals surface area contributed by atoms with E-state index in [0.717, 1.165) is 54.5 Å². The number of halogens is 2. The van der Waals surface area contributed by atoms with Gasteiger partial charge in [0.1, 0.15) is 18.8 Å². The van der Waals surface area contributed by atoms with Crippen molar-refractivity contribution >= 4 is 17.6 Å². The molecule has 1 N–H and O–H groups in total. The molecule has 0 radical (unpaired) electrons. The van der Waals surface area contributed by atoms with Crippen molar-refractivity contribution in [3.05, 3.63) is 69.8 Å². The molecular formula is C24H24F2N5O2S+. The number of nitrogens with one attached hydrogen (secondary N) is 1. The molecule has 0 spiro atoms. The Labute approximate surface area is 199 Å². The monoisotopic (exact) mass is 484 g/mol. The van der Waals surface area contributed by atoms with E-state index in [1.54, 1.807) is 35.2 Å². The van der Waals surface area contributed by atoms with E-state index in [2.05, 4.69) is 15.9 Å². The summed E-state index contributed by atoms with van der Waals surface area (Å²) >= 11 is 1.47. The van der Waals surface area contributed by atoms with Crippen LogP contribution in [0.3, 0.4) is 0 Å². The molecular weight excluding hydrogens is 460 g/mol. The SMILES string of the molecule is N#Cc1ccc(/C=N\n2c(-c3ccc(OC(F)F)cc3)csc2=NCC[NH+]2CCOCC2)cc1. The van der Waals surface area contributed by atoms with Crippen LogP contribution in [-0.2, 0) is 4.74 Å². The van der Waals surface area contributed by atoms with Gasteiger partial charge in [-0.05, 0) is 42.0 Å². The van der Waals surface area contributed by atoms with Crippen LogP contribution in [0.5, 0.6) is 5.75 Å². The van der Waals surface area contributed by atoms with Crippen molar-refractivity contribution in [2.45, 2.75) is 6.61 Å². The molecule has 34 heavy (non-hydrogen) atoms. The van der Waals surface area contributed by atoms with Crippen molar-refractivity contribution in [1.29, 1.82) is 5.26 Å². The number of alkyl halides is 2. The first-order valence-electron chi connectivity index (χ1n) is 10.8. The minimum absolute atomic E-state index is 0.0972. The van der Waals surface area contributed by atoms with E-state index in [1.165, 1.54) is 28.4 Å². The molecule has 1 saturated heterocycles. The predicted molar refractivity (Wildman–Crippen MR) is 125 cm³/mol. The maximum Gasteiger partial charge on any atom is 0.387 e. The van der Waals surface area contributed by atoms with Crippen LogP contribution in [0.15, 0.2) is 64.0 Å². The van der Waals surface area contributed by atoms with E-state index in [0.29, 0.717) is 12.1 Å². The highest BCUT2D eigenvalue weighted by Gasteiger charge is 2.13. The van der Waals surface area contributed by atoms with E-state index in [-0.39, 0.29) is 5.75 Å². The maximum absolute atomic E-state index is 12.5. The number of ether oxygens (including phenoxy) is 2. The van der Waals surface area contributed by atoms with Gasteiger partial charge in [-0.1, -0.05) is 12.1 Å². The van der Waals surface area contributed by atoms with E-state index in [1.807, 2.05) is 17.5 Å². The number of aromatic nitrogens is 1. The summed E-state index contributed by atoms with van der Waals surface area (Å²) in [7, 11) is 0.